The van der Waals surface area contributed by atoms with Crippen molar-refractivity contribution >= 4 is 11.9 Å². The molecule has 3 N–H and O–H groups in total. The smallest absolute Gasteiger partial charge is 0.334 e. The second-order valence-corrected chi connectivity index (χ2v) is 3.95. The number of hydrogen-bond donors (Lipinski definition) is 2. The Labute approximate surface area is 101 Å². The van der Waals surface area contributed by atoms with Crippen molar-refractivity contribution in [2.45, 2.75) is 12.8 Å². The van der Waals surface area contributed by atoms with Gasteiger partial charge in [-0.3, -0.25) is 9.80 Å². The van der Waals surface area contributed by atoms with Gasteiger partial charge >= 0.3 is 6.03 Å². The topological polar surface area (TPSA) is 87.9 Å². The predicted octanol–water partition coefficient (Wildman–Crippen LogP) is -0.859. The number of urea groups is 1. The van der Waals surface area contributed by atoms with Crippen LogP contribution >= 0.6 is 0 Å². The van der Waals surface area contributed by atoms with E-state index in [0.29, 0.717) is 26.2 Å². The molecule has 1 saturated heterocycles. The van der Waals surface area contributed by atoms with Gasteiger partial charge in [0.25, 0.3) is 0 Å². The van der Waals surface area contributed by atoms with Crippen LogP contribution in [0.15, 0.2) is 0 Å². The summed E-state index contributed by atoms with van der Waals surface area (Å²) in [5.41, 5.74) is 0. The Kier molecular flexibility index (Phi) is 5.71. The Morgan fingerprint density at radius 1 is 1.53 bits per heavy atom. The first-order valence-corrected chi connectivity index (χ1v) is 5.72. The van der Waals surface area contributed by atoms with Crippen LogP contribution in [0.25, 0.3) is 0 Å². The summed E-state index contributed by atoms with van der Waals surface area (Å²) >= 11 is 0. The summed E-state index contributed by atoms with van der Waals surface area (Å²) in [5.74, 6) is 5.32. The maximum atomic E-state index is 11.6. The molecule has 1 rings (SSSR count). The molecule has 0 radical (unpaired) electrons. The van der Waals surface area contributed by atoms with Crippen LogP contribution < -0.4 is 11.2 Å². The largest absolute Gasteiger partial charge is 0.385 e. The summed E-state index contributed by atoms with van der Waals surface area (Å²) in [5, 5.41) is 3.87. The van der Waals surface area contributed by atoms with Gasteiger partial charge in [0.2, 0.25) is 5.91 Å². The van der Waals surface area contributed by atoms with Gasteiger partial charge in [-0.2, -0.15) is 0 Å². The van der Waals surface area contributed by atoms with Crippen molar-refractivity contribution < 1.29 is 14.3 Å². The third-order valence-electron chi connectivity index (χ3n) is 2.53. The summed E-state index contributed by atoms with van der Waals surface area (Å²) < 4.78 is 4.87. The number of amides is 3. The fourth-order valence-electron chi connectivity index (χ4n) is 1.63. The molecule has 0 unspecified atom stereocenters. The van der Waals surface area contributed by atoms with Crippen molar-refractivity contribution in [3.05, 3.63) is 0 Å². The minimum Gasteiger partial charge on any atom is -0.385 e. The molecular formula is C10H20N4O3. The van der Waals surface area contributed by atoms with Crippen molar-refractivity contribution in [3.63, 3.8) is 0 Å². The van der Waals surface area contributed by atoms with Crippen LogP contribution in [-0.2, 0) is 9.53 Å². The molecule has 0 saturated carbocycles. The number of hydrogen-bond acceptors (Lipinski definition) is 4. The first kappa shape index (κ1) is 13.7. The zero-order valence-electron chi connectivity index (χ0n) is 10.1. The molecule has 98 valence electrons. The monoisotopic (exact) mass is 244 g/mol. The van der Waals surface area contributed by atoms with E-state index >= 15 is 0 Å². The fourth-order valence-corrected chi connectivity index (χ4v) is 1.63. The van der Waals surface area contributed by atoms with Crippen LogP contribution in [-0.4, -0.2) is 61.7 Å². The molecule has 7 heteroatoms. The van der Waals surface area contributed by atoms with E-state index in [4.69, 9.17) is 10.6 Å². The van der Waals surface area contributed by atoms with Crippen LogP contribution in [0.2, 0.25) is 0 Å². The van der Waals surface area contributed by atoms with Crippen molar-refractivity contribution in [1.82, 2.24) is 15.2 Å². The van der Waals surface area contributed by atoms with Crippen LogP contribution in [0, 0.1) is 0 Å². The lowest BCUT2D eigenvalue weighted by atomic mass is 10.3. The molecule has 0 aromatic rings. The van der Waals surface area contributed by atoms with Gasteiger partial charge in [-0.05, 0) is 12.8 Å². The van der Waals surface area contributed by atoms with Gasteiger partial charge in [0.1, 0.15) is 6.54 Å². The summed E-state index contributed by atoms with van der Waals surface area (Å²) in [6.07, 6.45) is 1.55. The van der Waals surface area contributed by atoms with Crippen molar-refractivity contribution in [2.24, 2.45) is 5.84 Å². The quantitative estimate of drug-likeness (QED) is 0.361. The molecule has 0 bridgehead atoms. The van der Waals surface area contributed by atoms with E-state index < -0.39 is 0 Å². The van der Waals surface area contributed by atoms with Gasteiger partial charge in [-0.25, -0.2) is 10.6 Å². The lowest BCUT2D eigenvalue weighted by Crippen LogP contribution is -2.54. The average molecular weight is 244 g/mol. The predicted molar refractivity (Wildman–Crippen MR) is 62.0 cm³/mol. The first-order valence-electron chi connectivity index (χ1n) is 5.72. The van der Waals surface area contributed by atoms with E-state index in [-0.39, 0.29) is 18.5 Å². The highest BCUT2D eigenvalue weighted by Gasteiger charge is 2.24. The second-order valence-electron chi connectivity index (χ2n) is 3.95. The van der Waals surface area contributed by atoms with Crippen molar-refractivity contribution in [1.29, 1.82) is 0 Å². The SMILES string of the molecule is COCCCNC(=O)CN1CCCN(N)C1=O. The van der Waals surface area contributed by atoms with Crippen LogP contribution in [0.3, 0.4) is 0 Å². The van der Waals surface area contributed by atoms with E-state index in [2.05, 4.69) is 5.32 Å². The van der Waals surface area contributed by atoms with Gasteiger partial charge < -0.3 is 15.0 Å². The maximum absolute atomic E-state index is 11.6. The van der Waals surface area contributed by atoms with E-state index in [1.165, 1.54) is 4.90 Å². The number of carbonyl (C=O) groups excluding carboxylic acids is 2. The van der Waals surface area contributed by atoms with Gasteiger partial charge in [0, 0.05) is 33.4 Å². The number of nitrogens with zero attached hydrogens (tertiary/aromatic N) is 2. The van der Waals surface area contributed by atoms with E-state index in [9.17, 15) is 9.59 Å². The van der Waals surface area contributed by atoms with Crippen LogP contribution in [0.1, 0.15) is 12.8 Å². The molecular weight excluding hydrogens is 224 g/mol. The van der Waals surface area contributed by atoms with Gasteiger partial charge in [0.05, 0.1) is 0 Å². The fraction of sp³-hybridized carbons (Fsp3) is 0.800. The molecule has 0 spiro atoms. The van der Waals surface area contributed by atoms with E-state index in [1.54, 1.807) is 7.11 Å². The minimum atomic E-state index is -0.289. The highest BCUT2D eigenvalue weighted by Crippen LogP contribution is 2.04. The van der Waals surface area contributed by atoms with Gasteiger partial charge in [0.15, 0.2) is 0 Å². The zero-order chi connectivity index (χ0) is 12.7. The number of nitrogens with one attached hydrogen (secondary N) is 1. The molecule has 0 aliphatic carbocycles. The lowest BCUT2D eigenvalue weighted by Gasteiger charge is -2.32. The normalized spacial score (nSPS) is 16.2. The molecule has 0 atom stereocenters. The Morgan fingerprint density at radius 2 is 2.29 bits per heavy atom. The summed E-state index contributed by atoms with van der Waals surface area (Å²) in [6, 6.07) is -0.289. The van der Waals surface area contributed by atoms with E-state index in [1.807, 2.05) is 0 Å². The standard InChI is InChI=1S/C10H20N4O3/c1-17-7-2-4-12-9(15)8-13-5-3-6-14(11)10(13)16/h2-8,11H2,1H3,(H,12,15). The molecule has 1 fully saturated rings. The number of nitrogens with two attached hydrogens (primary N) is 1. The number of ether oxygens (including phenoxy) is 1. The van der Waals surface area contributed by atoms with Crippen molar-refractivity contribution in [2.75, 3.05) is 39.9 Å². The third kappa shape index (κ3) is 4.58. The number of methoxy groups -OCH3 is 1. The van der Waals surface area contributed by atoms with Crippen molar-refractivity contribution in [3.8, 4) is 0 Å². The molecule has 0 aromatic heterocycles. The summed E-state index contributed by atoms with van der Waals surface area (Å²) in [6.45, 7) is 2.36. The van der Waals surface area contributed by atoms with Crippen LogP contribution in [0.5, 0.6) is 0 Å². The van der Waals surface area contributed by atoms with Gasteiger partial charge in [-0.15, -0.1) is 0 Å². The molecule has 1 aliphatic heterocycles. The Hall–Kier alpha value is -1.34. The highest BCUT2D eigenvalue weighted by atomic mass is 16.5. The van der Waals surface area contributed by atoms with E-state index in [0.717, 1.165) is 17.9 Å². The Morgan fingerprint density at radius 3 is 3.00 bits per heavy atom. The highest BCUT2D eigenvalue weighted by molar-refractivity contribution is 5.84. The zero-order valence-corrected chi connectivity index (χ0v) is 10.1. The summed E-state index contributed by atoms with van der Waals surface area (Å²) in [4.78, 5) is 24.5. The number of rotatable bonds is 6. The van der Waals surface area contributed by atoms with Gasteiger partial charge in [-0.1, -0.05) is 0 Å². The molecule has 7 nitrogen and oxygen atoms in total. The Balaban J connectivity index is 2.23. The number of hydrazine groups is 1. The third-order valence-corrected chi connectivity index (χ3v) is 2.53. The second kappa shape index (κ2) is 7.08. The maximum Gasteiger partial charge on any atom is 0.334 e. The first-order chi connectivity index (χ1) is 8.15. The molecule has 1 aliphatic rings. The molecule has 0 aromatic carbocycles. The van der Waals surface area contributed by atoms with Crippen LogP contribution in [0.4, 0.5) is 4.79 Å². The Bertz CT molecular complexity index is 272. The lowest BCUT2D eigenvalue weighted by molar-refractivity contribution is -0.122. The number of carbonyl (C=O) groups is 2. The molecule has 17 heavy (non-hydrogen) atoms. The average Bonchev–Trinajstić information content (AvgIpc) is 2.31. The minimum absolute atomic E-state index is 0.0690. The summed E-state index contributed by atoms with van der Waals surface area (Å²) in [7, 11) is 1.62. The molecule has 1 heterocycles. The molecule has 3 amide bonds.